The first-order valence-electron chi connectivity index (χ1n) is 4.71. The monoisotopic (exact) mass is 205 g/mol. The summed E-state index contributed by atoms with van der Waals surface area (Å²) in [4.78, 5) is 15.7. The topological polar surface area (TPSA) is 47.9 Å². The number of carbonyl (C=O) groups is 1. The van der Waals surface area contributed by atoms with E-state index < -0.39 is 6.29 Å². The van der Waals surface area contributed by atoms with Gasteiger partial charge < -0.3 is 9.57 Å². The molecule has 0 unspecified atom stereocenters. The third-order valence-electron chi connectivity index (χ3n) is 2.04. The Labute approximate surface area is 87.5 Å². The zero-order valence-electron chi connectivity index (χ0n) is 8.34. The zero-order chi connectivity index (χ0) is 10.7. The number of rotatable bonds is 2. The summed E-state index contributed by atoms with van der Waals surface area (Å²) >= 11 is 0. The molecule has 15 heavy (non-hydrogen) atoms. The number of ether oxygens (including phenoxy) is 1. The molecule has 0 spiro atoms. The van der Waals surface area contributed by atoms with E-state index in [1.54, 1.807) is 0 Å². The van der Waals surface area contributed by atoms with Crippen LogP contribution < -0.4 is 0 Å². The highest BCUT2D eigenvalue weighted by atomic mass is 16.8. The molecular weight excluding hydrogens is 194 g/mol. The van der Waals surface area contributed by atoms with Gasteiger partial charge in [0, 0.05) is 6.92 Å². The van der Waals surface area contributed by atoms with Gasteiger partial charge in [-0.1, -0.05) is 35.5 Å². The van der Waals surface area contributed by atoms with Gasteiger partial charge in [0.25, 0.3) is 6.29 Å². The van der Waals surface area contributed by atoms with Gasteiger partial charge in [-0.3, -0.25) is 4.79 Å². The maximum Gasteiger partial charge on any atom is 0.305 e. The first-order valence-corrected chi connectivity index (χ1v) is 4.71. The molecule has 1 aliphatic rings. The van der Waals surface area contributed by atoms with Crippen molar-refractivity contribution >= 4 is 11.7 Å². The van der Waals surface area contributed by atoms with E-state index >= 15 is 0 Å². The average molecular weight is 205 g/mol. The quantitative estimate of drug-likeness (QED) is 0.690. The Balaban J connectivity index is 2.01. The summed E-state index contributed by atoms with van der Waals surface area (Å²) < 4.78 is 4.89. The number of nitrogens with zero attached hydrogens (tertiary/aromatic N) is 1. The molecule has 0 radical (unpaired) electrons. The third-order valence-corrected chi connectivity index (χ3v) is 2.04. The van der Waals surface area contributed by atoms with Gasteiger partial charge >= 0.3 is 5.97 Å². The van der Waals surface area contributed by atoms with Crippen molar-refractivity contribution < 1.29 is 14.4 Å². The normalized spacial score (nSPS) is 19.3. The lowest BCUT2D eigenvalue weighted by Gasteiger charge is -2.06. The van der Waals surface area contributed by atoms with Gasteiger partial charge in [-0.15, -0.1) is 0 Å². The van der Waals surface area contributed by atoms with E-state index in [1.165, 1.54) is 6.92 Å². The summed E-state index contributed by atoms with van der Waals surface area (Å²) in [6, 6.07) is 9.67. The minimum atomic E-state index is -0.572. The highest BCUT2D eigenvalue weighted by Crippen LogP contribution is 2.17. The van der Waals surface area contributed by atoms with Crippen molar-refractivity contribution in [3.63, 3.8) is 0 Å². The smallest absolute Gasteiger partial charge is 0.305 e. The number of carbonyl (C=O) groups excluding carboxylic acids is 1. The van der Waals surface area contributed by atoms with Crippen LogP contribution in [0.5, 0.6) is 0 Å². The van der Waals surface area contributed by atoms with E-state index in [2.05, 4.69) is 5.16 Å². The molecule has 78 valence electrons. The fourth-order valence-electron chi connectivity index (χ4n) is 1.40. The molecule has 0 saturated carbocycles. The molecule has 1 aromatic carbocycles. The van der Waals surface area contributed by atoms with E-state index in [-0.39, 0.29) is 5.97 Å². The van der Waals surface area contributed by atoms with Crippen LogP contribution in [0.15, 0.2) is 35.5 Å². The van der Waals surface area contributed by atoms with Crippen LogP contribution in [0.25, 0.3) is 0 Å². The maximum atomic E-state index is 10.7. The summed E-state index contributed by atoms with van der Waals surface area (Å²) in [5.41, 5.74) is 1.80. The molecular formula is C11H11NO3. The van der Waals surface area contributed by atoms with Crippen molar-refractivity contribution in [2.75, 3.05) is 0 Å². The standard InChI is InChI=1S/C11H11NO3/c1-8(13)14-11-7-10(12-15-11)9-5-3-2-4-6-9/h2-6,11H,7H2,1H3/t11-/m1/s1. The first-order chi connectivity index (χ1) is 7.25. The number of hydrogen-bond acceptors (Lipinski definition) is 4. The summed E-state index contributed by atoms with van der Waals surface area (Å²) in [5, 5.41) is 3.88. The lowest BCUT2D eigenvalue weighted by Crippen LogP contribution is -2.16. The second kappa shape index (κ2) is 4.13. The van der Waals surface area contributed by atoms with Gasteiger partial charge in [0.15, 0.2) is 0 Å². The average Bonchev–Trinajstić information content (AvgIpc) is 2.67. The van der Waals surface area contributed by atoms with Crippen LogP contribution in [0.1, 0.15) is 18.9 Å². The number of benzene rings is 1. The highest BCUT2D eigenvalue weighted by Gasteiger charge is 2.23. The van der Waals surface area contributed by atoms with Crippen LogP contribution in [0.3, 0.4) is 0 Å². The number of esters is 1. The van der Waals surface area contributed by atoms with Gasteiger partial charge in [0.1, 0.15) is 0 Å². The zero-order valence-corrected chi connectivity index (χ0v) is 8.34. The SMILES string of the molecule is CC(=O)O[C@H]1CC(c2ccccc2)=NO1. The van der Waals surface area contributed by atoms with Gasteiger partial charge in [-0.25, -0.2) is 0 Å². The molecule has 0 fully saturated rings. The van der Waals surface area contributed by atoms with E-state index in [0.717, 1.165) is 11.3 Å². The Bertz CT molecular complexity index is 386. The van der Waals surface area contributed by atoms with E-state index in [1.807, 2.05) is 30.3 Å². The fourth-order valence-corrected chi connectivity index (χ4v) is 1.40. The van der Waals surface area contributed by atoms with Gasteiger partial charge in [-0.2, -0.15) is 0 Å². The molecule has 1 aliphatic heterocycles. The van der Waals surface area contributed by atoms with Gasteiger partial charge in [0.2, 0.25) is 0 Å². The van der Waals surface area contributed by atoms with Crippen LogP contribution in [-0.4, -0.2) is 18.0 Å². The lowest BCUT2D eigenvalue weighted by atomic mass is 10.1. The maximum absolute atomic E-state index is 10.7. The van der Waals surface area contributed by atoms with Crippen LogP contribution in [-0.2, 0) is 14.4 Å². The molecule has 0 amide bonds. The summed E-state index contributed by atoms with van der Waals surface area (Å²) in [7, 11) is 0. The van der Waals surface area contributed by atoms with Crippen molar-refractivity contribution in [2.24, 2.45) is 5.16 Å². The van der Waals surface area contributed by atoms with Gasteiger partial charge in [0.05, 0.1) is 12.1 Å². The van der Waals surface area contributed by atoms with Crippen molar-refractivity contribution in [1.29, 1.82) is 0 Å². The molecule has 0 aromatic heterocycles. The molecule has 4 heteroatoms. The van der Waals surface area contributed by atoms with Crippen molar-refractivity contribution in [3.05, 3.63) is 35.9 Å². The number of hydrogen-bond donors (Lipinski definition) is 0. The molecule has 0 bridgehead atoms. The number of oxime groups is 1. The van der Waals surface area contributed by atoms with Crippen molar-refractivity contribution in [1.82, 2.24) is 0 Å². The van der Waals surface area contributed by atoms with Gasteiger partial charge in [-0.05, 0) is 5.56 Å². The predicted octanol–water partition coefficient (Wildman–Crippen LogP) is 1.70. The fraction of sp³-hybridized carbons (Fsp3) is 0.273. The van der Waals surface area contributed by atoms with Crippen LogP contribution in [0.4, 0.5) is 0 Å². The Morgan fingerprint density at radius 3 is 2.87 bits per heavy atom. The second-order valence-corrected chi connectivity index (χ2v) is 3.25. The Morgan fingerprint density at radius 1 is 1.47 bits per heavy atom. The van der Waals surface area contributed by atoms with Crippen LogP contribution in [0, 0.1) is 0 Å². The summed E-state index contributed by atoms with van der Waals surface area (Å²) in [6.07, 6.45) is -0.0680. The highest BCUT2D eigenvalue weighted by molar-refractivity contribution is 6.01. The van der Waals surface area contributed by atoms with E-state index in [0.29, 0.717) is 6.42 Å². The van der Waals surface area contributed by atoms with Crippen LogP contribution >= 0.6 is 0 Å². The molecule has 1 aromatic rings. The Hall–Kier alpha value is -1.84. The summed E-state index contributed by atoms with van der Waals surface area (Å²) in [5.74, 6) is -0.357. The first kappa shape index (κ1) is 9.71. The molecule has 1 atom stereocenters. The molecule has 1 heterocycles. The van der Waals surface area contributed by atoms with Crippen molar-refractivity contribution in [2.45, 2.75) is 19.6 Å². The minimum Gasteiger partial charge on any atom is -0.423 e. The molecule has 4 nitrogen and oxygen atoms in total. The minimum absolute atomic E-state index is 0.357. The summed E-state index contributed by atoms with van der Waals surface area (Å²) in [6.45, 7) is 1.35. The second-order valence-electron chi connectivity index (χ2n) is 3.25. The largest absolute Gasteiger partial charge is 0.423 e. The third kappa shape index (κ3) is 2.34. The Kier molecular flexibility index (Phi) is 2.67. The molecule has 0 aliphatic carbocycles. The van der Waals surface area contributed by atoms with E-state index in [9.17, 15) is 4.79 Å². The molecule has 2 rings (SSSR count). The molecule has 0 N–H and O–H groups in total. The van der Waals surface area contributed by atoms with Crippen LogP contribution in [0.2, 0.25) is 0 Å². The van der Waals surface area contributed by atoms with Crippen molar-refractivity contribution in [3.8, 4) is 0 Å². The predicted molar refractivity (Wildman–Crippen MR) is 54.2 cm³/mol. The molecule has 0 saturated heterocycles. The lowest BCUT2D eigenvalue weighted by molar-refractivity contribution is -0.170. The van der Waals surface area contributed by atoms with E-state index in [4.69, 9.17) is 9.57 Å². The Morgan fingerprint density at radius 2 is 2.20 bits per heavy atom.